The van der Waals surface area contributed by atoms with Gasteiger partial charge in [-0.2, -0.15) is 0 Å². The van der Waals surface area contributed by atoms with Gasteiger partial charge in [0.2, 0.25) is 17.5 Å². The van der Waals surface area contributed by atoms with E-state index in [0.717, 1.165) is 65.8 Å². The van der Waals surface area contributed by atoms with Crippen LogP contribution in [0.5, 0.6) is 34.5 Å². The number of fused-ring (bicyclic) bond motifs is 1. The van der Waals surface area contributed by atoms with Gasteiger partial charge in [-0.3, -0.25) is 33.6 Å². The van der Waals surface area contributed by atoms with E-state index in [4.69, 9.17) is 51.8 Å². The van der Waals surface area contributed by atoms with Gasteiger partial charge in [0.15, 0.2) is 59.8 Å². The van der Waals surface area contributed by atoms with Crippen LogP contribution in [-0.2, 0) is 71.4 Å². The molecule has 0 aliphatic carbocycles. The van der Waals surface area contributed by atoms with E-state index in [-0.39, 0.29) is 5.56 Å². The summed E-state index contributed by atoms with van der Waals surface area (Å²) in [5.74, 6) is -11.2. The van der Waals surface area contributed by atoms with Crippen LogP contribution in [0.2, 0.25) is 0 Å². The van der Waals surface area contributed by atoms with Crippen molar-refractivity contribution in [2.45, 2.75) is 109 Å². The van der Waals surface area contributed by atoms with Crippen molar-refractivity contribution in [1.82, 2.24) is 0 Å². The van der Waals surface area contributed by atoms with E-state index in [9.17, 15) is 64.2 Å². The summed E-state index contributed by atoms with van der Waals surface area (Å²) in [5.41, 5.74) is -1.98. The molecule has 6 N–H and O–H groups in total. The first kappa shape index (κ1) is 48.1. The van der Waals surface area contributed by atoms with Gasteiger partial charge in [0, 0.05) is 65.7 Å². The highest BCUT2D eigenvalue weighted by Crippen LogP contribution is 2.44. The lowest BCUT2D eigenvalue weighted by Gasteiger charge is -2.48. The van der Waals surface area contributed by atoms with Crippen molar-refractivity contribution in [3.63, 3.8) is 0 Å². The number of carbonyl (C=O) groups excluding carboxylic acids is 6. The predicted molar refractivity (Wildman–Crippen MR) is 205 cm³/mol. The molecule has 2 aliphatic heterocycles. The van der Waals surface area contributed by atoms with Crippen LogP contribution in [0.3, 0.4) is 0 Å². The van der Waals surface area contributed by atoms with Crippen LogP contribution < -0.4 is 10.2 Å². The first-order valence-electron chi connectivity index (χ1n) is 19.1. The molecule has 2 saturated heterocycles. The summed E-state index contributed by atoms with van der Waals surface area (Å²) in [7, 11) is 0. The van der Waals surface area contributed by atoms with Crippen LogP contribution in [0, 0.1) is 0 Å². The second kappa shape index (κ2) is 20.1. The maximum absolute atomic E-state index is 14.2. The van der Waals surface area contributed by atoms with E-state index in [0.29, 0.717) is 0 Å². The minimum Gasteiger partial charge on any atom is -0.508 e. The van der Waals surface area contributed by atoms with Gasteiger partial charge < -0.3 is 82.4 Å². The summed E-state index contributed by atoms with van der Waals surface area (Å²) in [5, 5.41) is 62.9. The van der Waals surface area contributed by atoms with Crippen LogP contribution >= 0.6 is 0 Å². The molecule has 1 aromatic heterocycles. The average molecular weight is 909 g/mol. The van der Waals surface area contributed by atoms with Crippen LogP contribution in [0.15, 0.2) is 33.5 Å². The molecule has 2 fully saturated rings. The number of hydrogen-bond donors (Lipinski definition) is 6. The molecule has 0 unspecified atom stereocenters. The number of ether oxygens (including phenoxy) is 10. The Morgan fingerprint density at radius 1 is 0.609 bits per heavy atom. The third kappa shape index (κ3) is 11.2. The quantitative estimate of drug-likeness (QED) is 0.0740. The summed E-state index contributed by atoms with van der Waals surface area (Å²) in [6, 6.07) is 3.42. The Labute approximate surface area is 360 Å². The van der Waals surface area contributed by atoms with Crippen molar-refractivity contribution in [3.8, 4) is 45.8 Å². The molecule has 10 atom stereocenters. The number of aromatic hydroxyl groups is 5. The molecule has 3 heterocycles. The predicted octanol–water partition coefficient (Wildman–Crippen LogP) is 0.806. The Kier molecular flexibility index (Phi) is 15.1. The Bertz CT molecular complexity index is 2310. The van der Waals surface area contributed by atoms with Gasteiger partial charge in [-0.05, 0) is 12.1 Å². The molecular formula is C40H44O24. The molecule has 2 aromatic carbocycles. The smallest absolute Gasteiger partial charge is 0.303 e. The number of aliphatic hydroxyl groups is 1. The van der Waals surface area contributed by atoms with Crippen molar-refractivity contribution >= 4 is 46.8 Å². The van der Waals surface area contributed by atoms with E-state index < -0.39 is 174 Å². The highest BCUT2D eigenvalue weighted by Gasteiger charge is 2.57. The van der Waals surface area contributed by atoms with Gasteiger partial charge in [0.25, 0.3) is 0 Å². The number of esters is 6. The molecule has 0 radical (unpaired) electrons. The van der Waals surface area contributed by atoms with Gasteiger partial charge >= 0.3 is 35.8 Å². The first-order chi connectivity index (χ1) is 30.1. The van der Waals surface area contributed by atoms with Gasteiger partial charge in [0.1, 0.15) is 41.3 Å². The molecular weight excluding hydrogens is 864 g/mol. The largest absolute Gasteiger partial charge is 0.508 e. The van der Waals surface area contributed by atoms with E-state index in [1.165, 1.54) is 0 Å². The fourth-order valence-electron chi connectivity index (χ4n) is 6.90. The number of phenolic OH excluding ortho intramolecular Hbond substituents is 5. The van der Waals surface area contributed by atoms with Crippen molar-refractivity contribution in [1.29, 1.82) is 0 Å². The molecule has 0 spiro atoms. The number of benzene rings is 2. The molecule has 2 aliphatic rings. The zero-order chi connectivity index (χ0) is 47.3. The van der Waals surface area contributed by atoms with E-state index in [2.05, 4.69) is 0 Å². The van der Waals surface area contributed by atoms with Gasteiger partial charge in [0.05, 0.1) is 12.7 Å². The molecule has 0 saturated carbocycles. The Hall–Kier alpha value is -6.89. The van der Waals surface area contributed by atoms with Crippen LogP contribution in [0.25, 0.3) is 22.3 Å². The van der Waals surface area contributed by atoms with E-state index >= 15 is 0 Å². The fourth-order valence-corrected chi connectivity index (χ4v) is 6.90. The third-order valence-corrected chi connectivity index (χ3v) is 9.35. The minimum atomic E-state index is -2.21. The van der Waals surface area contributed by atoms with E-state index in [1.54, 1.807) is 0 Å². The second-order valence-corrected chi connectivity index (χ2v) is 14.3. The number of carbonyl (C=O) groups is 6. The first-order valence-corrected chi connectivity index (χ1v) is 19.1. The second-order valence-electron chi connectivity index (χ2n) is 14.3. The molecule has 0 bridgehead atoms. The Balaban J connectivity index is 1.65. The highest BCUT2D eigenvalue weighted by molar-refractivity contribution is 5.88. The monoisotopic (exact) mass is 908 g/mol. The van der Waals surface area contributed by atoms with Gasteiger partial charge in [-0.1, -0.05) is 0 Å². The van der Waals surface area contributed by atoms with Gasteiger partial charge in [-0.15, -0.1) is 0 Å². The number of aliphatic hydroxyl groups excluding tert-OH is 1. The molecule has 0 amide bonds. The SMILES string of the molecule is CC(=O)OCC[C@H]1O[C@@H](Oc2c(-c3cc(O)c(O)c(O)c3)oc3cc(O)cc(O)c3c2=O)[C@H](O)[C@@H](OC(C)=O)[C@@H]1O[C@@H]1O[C@H](COC(C)=O)[C@H](OC(C)=O)[C@H](OC(C)=O)[C@H]1OC(C)=O. The lowest BCUT2D eigenvalue weighted by atomic mass is 9.94. The summed E-state index contributed by atoms with van der Waals surface area (Å²) >= 11 is 0. The summed E-state index contributed by atoms with van der Waals surface area (Å²) in [6.45, 7) is 4.90. The molecule has 5 rings (SSSR count). The van der Waals surface area contributed by atoms with Crippen molar-refractivity contribution < 1.29 is 111 Å². The van der Waals surface area contributed by atoms with Crippen molar-refractivity contribution in [3.05, 3.63) is 34.5 Å². The summed E-state index contributed by atoms with van der Waals surface area (Å²) in [6.07, 6.45) is -18.6. The molecule has 24 nitrogen and oxygen atoms in total. The average Bonchev–Trinajstić information content (AvgIpc) is 3.17. The van der Waals surface area contributed by atoms with Crippen LogP contribution in [0.1, 0.15) is 48.0 Å². The molecule has 24 heteroatoms. The molecule has 348 valence electrons. The maximum atomic E-state index is 14.2. The highest BCUT2D eigenvalue weighted by atomic mass is 16.8. The van der Waals surface area contributed by atoms with Crippen LogP contribution in [-0.4, -0.2) is 141 Å². The Morgan fingerprint density at radius 3 is 1.73 bits per heavy atom. The lowest BCUT2D eigenvalue weighted by Crippen LogP contribution is -2.66. The zero-order valence-electron chi connectivity index (χ0n) is 34.7. The fraction of sp³-hybridized carbons (Fsp3) is 0.475. The summed E-state index contributed by atoms with van der Waals surface area (Å²) < 4.78 is 62.3. The Morgan fingerprint density at radius 2 is 1.16 bits per heavy atom. The minimum absolute atomic E-state index is 0.345. The number of hydrogen-bond acceptors (Lipinski definition) is 24. The van der Waals surface area contributed by atoms with Gasteiger partial charge in [-0.25, -0.2) is 0 Å². The third-order valence-electron chi connectivity index (χ3n) is 9.35. The molecule has 3 aromatic rings. The normalized spacial score (nSPS) is 25.4. The number of rotatable bonds is 14. The standard InChI is InChI=1S/C40H44O24/c1-14(41)54-8-7-25-33(63-40-38(59-19(6)46)37(58-18(5)45)34(56-16(3)43)27(62-40)13-55-15(2)42)36(57-17(4)44)31(53)39(61-25)64-35-30(52)28-22(48)11-21(47)12-26(28)60-32(35)20-9-23(49)29(51)24(50)10-20/h9-12,25,27,31,33-34,36-40,47-51,53H,7-8,13H2,1-6H3/t25-,27-,31-,33-,34+,36-,37+,38-,39+,40+/m1/s1. The number of phenols is 5. The lowest BCUT2D eigenvalue weighted by molar-refractivity contribution is -0.353. The zero-order valence-corrected chi connectivity index (χ0v) is 34.7. The van der Waals surface area contributed by atoms with Crippen molar-refractivity contribution in [2.75, 3.05) is 13.2 Å². The van der Waals surface area contributed by atoms with Crippen LogP contribution in [0.4, 0.5) is 0 Å². The summed E-state index contributed by atoms with van der Waals surface area (Å²) in [4.78, 5) is 87.9. The van der Waals surface area contributed by atoms with E-state index in [1.807, 2.05) is 0 Å². The molecule has 64 heavy (non-hydrogen) atoms. The maximum Gasteiger partial charge on any atom is 0.303 e. The van der Waals surface area contributed by atoms with Crippen molar-refractivity contribution in [2.24, 2.45) is 0 Å². The topological polar surface area (TPSA) is 346 Å².